The summed E-state index contributed by atoms with van der Waals surface area (Å²) in [5.74, 6) is 0.903. The fourth-order valence-electron chi connectivity index (χ4n) is 2.52. The molecule has 1 aromatic rings. The van der Waals surface area contributed by atoms with E-state index in [0.29, 0.717) is 5.41 Å². The van der Waals surface area contributed by atoms with Crippen LogP contribution in [0.25, 0.3) is 0 Å². The molecule has 1 fully saturated rings. The zero-order valence-electron chi connectivity index (χ0n) is 10.9. The molecule has 0 amide bonds. The number of nitrogens with zero attached hydrogens (tertiary/aromatic N) is 1. The molecule has 3 N–H and O–H groups in total. The van der Waals surface area contributed by atoms with Crippen molar-refractivity contribution < 1.29 is 0 Å². The van der Waals surface area contributed by atoms with Gasteiger partial charge in [0.25, 0.3) is 0 Å². The first-order chi connectivity index (χ1) is 8.09. The lowest BCUT2D eigenvalue weighted by atomic mass is 9.76. The van der Waals surface area contributed by atoms with E-state index in [9.17, 15) is 0 Å². The minimum absolute atomic E-state index is 0.430. The van der Waals surface area contributed by atoms with Crippen LogP contribution in [-0.2, 0) is 0 Å². The van der Waals surface area contributed by atoms with Gasteiger partial charge in [0.1, 0.15) is 5.82 Å². The predicted molar refractivity (Wildman–Crippen MR) is 73.1 cm³/mol. The standard InChI is InChI=1S/C14H23N3/c1-11-9-16-13(8-12(11)15)17-10-14(2)6-4-3-5-7-14/h8-9H,3-7,10H2,1-2H3,(H3,15,16,17). The fourth-order valence-corrected chi connectivity index (χ4v) is 2.52. The van der Waals surface area contributed by atoms with Crippen LogP contribution in [0.3, 0.4) is 0 Å². The number of hydrogen-bond acceptors (Lipinski definition) is 3. The van der Waals surface area contributed by atoms with Gasteiger partial charge in [-0.15, -0.1) is 0 Å². The summed E-state index contributed by atoms with van der Waals surface area (Å²) in [5, 5.41) is 3.43. The number of pyridine rings is 1. The Labute approximate surface area is 104 Å². The van der Waals surface area contributed by atoms with Crippen molar-refractivity contribution in [3.63, 3.8) is 0 Å². The zero-order valence-corrected chi connectivity index (χ0v) is 10.9. The lowest BCUT2D eigenvalue weighted by molar-refractivity contribution is 0.233. The Kier molecular flexibility index (Phi) is 3.55. The molecule has 1 aliphatic carbocycles. The number of aryl methyl sites for hydroxylation is 1. The van der Waals surface area contributed by atoms with Gasteiger partial charge in [0.2, 0.25) is 0 Å². The van der Waals surface area contributed by atoms with Gasteiger partial charge < -0.3 is 11.1 Å². The molecule has 2 rings (SSSR count). The number of nitrogens with two attached hydrogens (primary N) is 1. The number of anilines is 2. The summed E-state index contributed by atoms with van der Waals surface area (Å²) < 4.78 is 0. The highest BCUT2D eigenvalue weighted by Gasteiger charge is 2.26. The average Bonchev–Trinajstić information content (AvgIpc) is 2.32. The normalized spacial score (nSPS) is 18.9. The van der Waals surface area contributed by atoms with Gasteiger partial charge in [0.15, 0.2) is 0 Å². The van der Waals surface area contributed by atoms with Gasteiger partial charge in [-0.25, -0.2) is 4.98 Å². The molecule has 0 atom stereocenters. The van der Waals surface area contributed by atoms with Crippen molar-refractivity contribution >= 4 is 11.5 Å². The Hall–Kier alpha value is -1.25. The van der Waals surface area contributed by atoms with Crippen molar-refractivity contribution in [2.45, 2.75) is 46.0 Å². The van der Waals surface area contributed by atoms with Crippen LogP contribution in [-0.4, -0.2) is 11.5 Å². The monoisotopic (exact) mass is 233 g/mol. The molecule has 0 spiro atoms. The maximum absolute atomic E-state index is 5.88. The number of hydrogen-bond donors (Lipinski definition) is 2. The van der Waals surface area contributed by atoms with Gasteiger partial charge in [-0.3, -0.25) is 0 Å². The van der Waals surface area contributed by atoms with Gasteiger partial charge in [0, 0.05) is 24.5 Å². The molecule has 0 aliphatic heterocycles. The van der Waals surface area contributed by atoms with Crippen LogP contribution >= 0.6 is 0 Å². The second-order valence-electron chi connectivity index (χ2n) is 5.65. The molecular weight excluding hydrogens is 210 g/mol. The summed E-state index contributed by atoms with van der Waals surface area (Å²) in [4.78, 5) is 4.36. The van der Waals surface area contributed by atoms with E-state index < -0.39 is 0 Å². The number of rotatable bonds is 3. The fraction of sp³-hybridized carbons (Fsp3) is 0.643. The van der Waals surface area contributed by atoms with Crippen molar-refractivity contribution in [2.24, 2.45) is 5.41 Å². The smallest absolute Gasteiger partial charge is 0.127 e. The zero-order chi connectivity index (χ0) is 12.3. The van der Waals surface area contributed by atoms with E-state index in [2.05, 4.69) is 17.2 Å². The summed E-state index contributed by atoms with van der Waals surface area (Å²) in [6, 6.07) is 1.93. The van der Waals surface area contributed by atoms with E-state index in [-0.39, 0.29) is 0 Å². The van der Waals surface area contributed by atoms with Gasteiger partial charge in [-0.05, 0) is 30.7 Å². The molecule has 0 saturated heterocycles. The number of nitrogens with one attached hydrogen (secondary N) is 1. The van der Waals surface area contributed by atoms with Crippen LogP contribution in [0.4, 0.5) is 11.5 Å². The highest BCUT2D eigenvalue weighted by Crippen LogP contribution is 2.35. The van der Waals surface area contributed by atoms with Crippen molar-refractivity contribution in [2.75, 3.05) is 17.6 Å². The summed E-state index contributed by atoms with van der Waals surface area (Å²) in [5.41, 5.74) is 8.17. The van der Waals surface area contributed by atoms with Crippen LogP contribution in [0.1, 0.15) is 44.6 Å². The minimum Gasteiger partial charge on any atom is -0.398 e. The highest BCUT2D eigenvalue weighted by molar-refractivity contribution is 5.53. The van der Waals surface area contributed by atoms with Crippen LogP contribution in [0.15, 0.2) is 12.3 Å². The van der Waals surface area contributed by atoms with Crippen LogP contribution in [0.5, 0.6) is 0 Å². The molecule has 1 saturated carbocycles. The number of nitrogen functional groups attached to an aromatic ring is 1. The predicted octanol–water partition coefficient (Wildman–Crippen LogP) is 3.35. The topological polar surface area (TPSA) is 50.9 Å². The Morgan fingerprint density at radius 2 is 2.06 bits per heavy atom. The first kappa shape index (κ1) is 12.2. The van der Waals surface area contributed by atoms with Crippen molar-refractivity contribution in [3.8, 4) is 0 Å². The molecule has 0 bridgehead atoms. The molecule has 1 aromatic heterocycles. The van der Waals surface area contributed by atoms with Crippen molar-refractivity contribution in [3.05, 3.63) is 17.8 Å². The van der Waals surface area contributed by atoms with Gasteiger partial charge in [0.05, 0.1) is 0 Å². The molecule has 3 heteroatoms. The van der Waals surface area contributed by atoms with Crippen LogP contribution in [0, 0.1) is 12.3 Å². The summed E-state index contributed by atoms with van der Waals surface area (Å²) in [6.45, 7) is 5.35. The molecule has 1 heterocycles. The van der Waals surface area contributed by atoms with E-state index in [4.69, 9.17) is 5.73 Å². The van der Waals surface area contributed by atoms with Crippen molar-refractivity contribution in [1.82, 2.24) is 4.98 Å². The Balaban J connectivity index is 1.94. The molecular formula is C14H23N3. The van der Waals surface area contributed by atoms with Crippen molar-refractivity contribution in [1.29, 1.82) is 0 Å². The Morgan fingerprint density at radius 1 is 1.35 bits per heavy atom. The second-order valence-corrected chi connectivity index (χ2v) is 5.65. The Bertz CT molecular complexity index is 381. The second kappa shape index (κ2) is 4.94. The molecule has 0 unspecified atom stereocenters. The molecule has 1 aliphatic rings. The third kappa shape index (κ3) is 3.11. The minimum atomic E-state index is 0.430. The summed E-state index contributed by atoms with van der Waals surface area (Å²) in [6.07, 6.45) is 8.60. The van der Waals surface area contributed by atoms with Gasteiger partial charge >= 0.3 is 0 Å². The maximum atomic E-state index is 5.88. The SMILES string of the molecule is Cc1cnc(NCC2(C)CCCCC2)cc1N. The quantitative estimate of drug-likeness (QED) is 0.841. The van der Waals surface area contributed by atoms with E-state index >= 15 is 0 Å². The summed E-state index contributed by atoms with van der Waals surface area (Å²) in [7, 11) is 0. The third-order valence-electron chi connectivity index (χ3n) is 3.90. The first-order valence-electron chi connectivity index (χ1n) is 6.55. The lowest BCUT2D eigenvalue weighted by Crippen LogP contribution is -2.29. The van der Waals surface area contributed by atoms with E-state index in [1.807, 2.05) is 19.2 Å². The highest BCUT2D eigenvalue weighted by atomic mass is 15.0. The maximum Gasteiger partial charge on any atom is 0.127 e. The summed E-state index contributed by atoms with van der Waals surface area (Å²) >= 11 is 0. The average molecular weight is 233 g/mol. The number of aromatic nitrogens is 1. The molecule has 0 radical (unpaired) electrons. The lowest BCUT2D eigenvalue weighted by Gasteiger charge is -2.33. The largest absolute Gasteiger partial charge is 0.398 e. The van der Waals surface area contributed by atoms with Crippen LogP contribution < -0.4 is 11.1 Å². The first-order valence-corrected chi connectivity index (χ1v) is 6.55. The van der Waals surface area contributed by atoms with E-state index in [1.54, 1.807) is 0 Å². The third-order valence-corrected chi connectivity index (χ3v) is 3.90. The van der Waals surface area contributed by atoms with Crippen LogP contribution in [0.2, 0.25) is 0 Å². The van der Waals surface area contributed by atoms with E-state index in [0.717, 1.165) is 23.6 Å². The molecule has 0 aromatic carbocycles. The van der Waals surface area contributed by atoms with Gasteiger partial charge in [-0.1, -0.05) is 26.2 Å². The molecule has 17 heavy (non-hydrogen) atoms. The molecule has 94 valence electrons. The van der Waals surface area contributed by atoms with E-state index in [1.165, 1.54) is 32.1 Å². The Morgan fingerprint density at radius 3 is 2.71 bits per heavy atom. The molecule has 3 nitrogen and oxygen atoms in total. The van der Waals surface area contributed by atoms with Gasteiger partial charge in [-0.2, -0.15) is 0 Å².